The van der Waals surface area contributed by atoms with Crippen molar-refractivity contribution in [1.82, 2.24) is 0 Å². The predicted octanol–water partition coefficient (Wildman–Crippen LogP) is 4.23. The van der Waals surface area contributed by atoms with Gasteiger partial charge in [0.1, 0.15) is 5.69 Å². The molecule has 0 aliphatic carbocycles. The smallest absolute Gasteiger partial charge is 0.333 e. The van der Waals surface area contributed by atoms with Crippen LogP contribution in [0.1, 0.15) is 40.5 Å². The number of para-hydroxylation sites is 1. The largest absolute Gasteiger partial charge is 0.487 e. The van der Waals surface area contributed by atoms with Crippen LogP contribution in [0, 0.1) is 16.0 Å². The Hall–Kier alpha value is -1.78. The van der Waals surface area contributed by atoms with Crippen LogP contribution in [0.2, 0.25) is 0 Å². The zero-order valence-corrected chi connectivity index (χ0v) is 12.7. The summed E-state index contributed by atoms with van der Waals surface area (Å²) in [6, 6.07) is 5.38. The molecule has 0 aliphatic rings. The van der Waals surface area contributed by atoms with Crippen LogP contribution in [0.5, 0.6) is 5.75 Å². The van der Waals surface area contributed by atoms with Crippen LogP contribution in [-0.4, -0.2) is 17.6 Å². The number of rotatable bonds is 8. The number of anilines is 1. The van der Waals surface area contributed by atoms with E-state index in [9.17, 15) is 10.1 Å². The van der Waals surface area contributed by atoms with Gasteiger partial charge in [-0.1, -0.05) is 33.8 Å². The predicted molar refractivity (Wildman–Crippen MR) is 81.4 cm³/mol. The van der Waals surface area contributed by atoms with Crippen LogP contribution < -0.4 is 10.1 Å². The third kappa shape index (κ3) is 4.11. The molecule has 20 heavy (non-hydrogen) atoms. The Balaban J connectivity index is 3.08. The summed E-state index contributed by atoms with van der Waals surface area (Å²) in [5.41, 5.74) is 0.559. The highest BCUT2D eigenvalue weighted by Gasteiger charge is 2.23. The van der Waals surface area contributed by atoms with Crippen molar-refractivity contribution in [1.29, 1.82) is 0 Å². The van der Waals surface area contributed by atoms with E-state index in [1.54, 1.807) is 18.2 Å². The fraction of sp³-hybridized carbons (Fsp3) is 0.600. The standard InChI is InChI=1S/C15H24N2O3/c1-5-10-20-14-9-7-8-13(15(14)17(18)19)16-12(6-2)11(3)4/h7-9,11-12,16H,5-6,10H2,1-4H3. The number of nitrogens with one attached hydrogen (secondary N) is 1. The molecule has 0 saturated heterocycles. The number of nitro groups is 1. The summed E-state index contributed by atoms with van der Waals surface area (Å²) in [5, 5.41) is 14.6. The van der Waals surface area contributed by atoms with Crippen molar-refractivity contribution in [3.8, 4) is 5.75 Å². The zero-order valence-electron chi connectivity index (χ0n) is 12.7. The average Bonchev–Trinajstić information content (AvgIpc) is 2.41. The highest BCUT2D eigenvalue weighted by molar-refractivity contribution is 5.68. The molecule has 5 heteroatoms. The topological polar surface area (TPSA) is 64.4 Å². The molecule has 0 spiro atoms. The van der Waals surface area contributed by atoms with Gasteiger partial charge in [0.25, 0.3) is 0 Å². The number of hydrogen-bond acceptors (Lipinski definition) is 4. The quantitative estimate of drug-likeness (QED) is 0.571. The summed E-state index contributed by atoms with van der Waals surface area (Å²) in [6.45, 7) is 8.72. The molecule has 1 N–H and O–H groups in total. The highest BCUT2D eigenvalue weighted by Crippen LogP contribution is 2.35. The second-order valence-corrected chi connectivity index (χ2v) is 5.16. The lowest BCUT2D eigenvalue weighted by atomic mass is 10.0. The van der Waals surface area contributed by atoms with Crippen molar-refractivity contribution in [3.05, 3.63) is 28.3 Å². The minimum Gasteiger partial charge on any atom is -0.487 e. The molecular formula is C15H24N2O3. The number of ether oxygens (including phenoxy) is 1. The van der Waals surface area contributed by atoms with Gasteiger partial charge in [-0.15, -0.1) is 0 Å². The molecule has 5 nitrogen and oxygen atoms in total. The van der Waals surface area contributed by atoms with E-state index >= 15 is 0 Å². The lowest BCUT2D eigenvalue weighted by molar-refractivity contribution is -0.385. The first kappa shape index (κ1) is 16.3. The lowest BCUT2D eigenvalue weighted by Crippen LogP contribution is -2.25. The average molecular weight is 280 g/mol. The fourth-order valence-corrected chi connectivity index (χ4v) is 2.10. The van der Waals surface area contributed by atoms with E-state index in [4.69, 9.17) is 4.74 Å². The fourth-order valence-electron chi connectivity index (χ4n) is 2.10. The normalized spacial score (nSPS) is 12.2. The highest BCUT2D eigenvalue weighted by atomic mass is 16.6. The zero-order chi connectivity index (χ0) is 15.1. The molecule has 1 aromatic carbocycles. The molecule has 0 aliphatic heterocycles. The SMILES string of the molecule is CCCOc1cccc(NC(CC)C(C)C)c1[N+](=O)[O-]. The molecule has 0 bridgehead atoms. The molecule has 0 amide bonds. The Labute approximate surface area is 120 Å². The minimum atomic E-state index is -0.375. The second kappa shape index (κ2) is 7.72. The third-order valence-electron chi connectivity index (χ3n) is 3.23. The van der Waals surface area contributed by atoms with Crippen molar-refractivity contribution >= 4 is 11.4 Å². The van der Waals surface area contributed by atoms with Gasteiger partial charge in [-0.25, -0.2) is 0 Å². The van der Waals surface area contributed by atoms with Crippen LogP contribution >= 0.6 is 0 Å². The summed E-state index contributed by atoms with van der Waals surface area (Å²) in [7, 11) is 0. The van der Waals surface area contributed by atoms with Crippen molar-refractivity contribution in [2.24, 2.45) is 5.92 Å². The number of hydrogen-bond donors (Lipinski definition) is 1. The van der Waals surface area contributed by atoms with E-state index in [0.29, 0.717) is 24.0 Å². The molecule has 1 aromatic rings. The first-order chi connectivity index (χ1) is 9.51. The minimum absolute atomic E-state index is 0.0278. The van der Waals surface area contributed by atoms with Crippen LogP contribution in [0.25, 0.3) is 0 Å². The number of nitro benzene ring substituents is 1. The molecular weight excluding hydrogens is 256 g/mol. The molecule has 0 aromatic heterocycles. The van der Waals surface area contributed by atoms with Crippen LogP contribution in [0.4, 0.5) is 11.4 Å². The van der Waals surface area contributed by atoms with Gasteiger partial charge in [0.15, 0.2) is 5.75 Å². The van der Waals surface area contributed by atoms with Gasteiger partial charge < -0.3 is 10.1 Å². The maximum atomic E-state index is 11.3. The summed E-state index contributed by atoms with van der Waals surface area (Å²) in [6.07, 6.45) is 1.73. The molecule has 112 valence electrons. The van der Waals surface area contributed by atoms with Crippen molar-refractivity contribution in [2.45, 2.75) is 46.6 Å². The number of nitrogens with zero attached hydrogens (tertiary/aromatic N) is 1. The van der Waals surface area contributed by atoms with E-state index in [0.717, 1.165) is 12.8 Å². The first-order valence-corrected chi connectivity index (χ1v) is 7.17. The van der Waals surface area contributed by atoms with Crippen molar-refractivity contribution in [2.75, 3.05) is 11.9 Å². The third-order valence-corrected chi connectivity index (χ3v) is 3.23. The van der Waals surface area contributed by atoms with E-state index in [2.05, 4.69) is 26.1 Å². The maximum absolute atomic E-state index is 11.3. The molecule has 0 fully saturated rings. The van der Waals surface area contributed by atoms with Crippen LogP contribution in [-0.2, 0) is 0 Å². The van der Waals surface area contributed by atoms with Gasteiger partial charge in [0.2, 0.25) is 0 Å². The van der Waals surface area contributed by atoms with Crippen LogP contribution in [0.3, 0.4) is 0 Å². The number of benzene rings is 1. The monoisotopic (exact) mass is 280 g/mol. The molecule has 0 heterocycles. The van der Waals surface area contributed by atoms with Gasteiger partial charge in [0.05, 0.1) is 11.5 Å². The maximum Gasteiger partial charge on any atom is 0.333 e. The molecule has 1 atom stereocenters. The van der Waals surface area contributed by atoms with E-state index in [1.165, 1.54) is 0 Å². The summed E-state index contributed by atoms with van der Waals surface area (Å²) >= 11 is 0. The van der Waals surface area contributed by atoms with Gasteiger partial charge in [-0.3, -0.25) is 10.1 Å². The Morgan fingerprint density at radius 2 is 2.05 bits per heavy atom. The van der Waals surface area contributed by atoms with E-state index < -0.39 is 0 Å². The first-order valence-electron chi connectivity index (χ1n) is 7.17. The Kier molecular flexibility index (Phi) is 6.28. The van der Waals surface area contributed by atoms with E-state index in [-0.39, 0.29) is 16.7 Å². The molecule has 0 saturated carbocycles. The van der Waals surface area contributed by atoms with Gasteiger partial charge in [-0.2, -0.15) is 0 Å². The Morgan fingerprint density at radius 3 is 2.55 bits per heavy atom. The molecule has 0 radical (unpaired) electrons. The van der Waals surface area contributed by atoms with E-state index in [1.807, 2.05) is 6.92 Å². The van der Waals surface area contributed by atoms with Gasteiger partial charge in [-0.05, 0) is 30.9 Å². The summed E-state index contributed by atoms with van der Waals surface area (Å²) in [5.74, 6) is 0.736. The Morgan fingerprint density at radius 1 is 1.35 bits per heavy atom. The van der Waals surface area contributed by atoms with Crippen LogP contribution in [0.15, 0.2) is 18.2 Å². The molecule has 1 unspecified atom stereocenters. The van der Waals surface area contributed by atoms with Gasteiger partial charge >= 0.3 is 5.69 Å². The summed E-state index contributed by atoms with van der Waals surface area (Å²) < 4.78 is 5.48. The molecule has 1 rings (SSSR count). The Bertz CT molecular complexity index is 447. The van der Waals surface area contributed by atoms with Crippen molar-refractivity contribution in [3.63, 3.8) is 0 Å². The lowest BCUT2D eigenvalue weighted by Gasteiger charge is -2.22. The second-order valence-electron chi connectivity index (χ2n) is 5.16. The summed E-state index contributed by atoms with van der Waals surface area (Å²) in [4.78, 5) is 11.0. The van der Waals surface area contributed by atoms with Gasteiger partial charge in [0, 0.05) is 6.04 Å². The van der Waals surface area contributed by atoms with Crippen molar-refractivity contribution < 1.29 is 9.66 Å².